The van der Waals surface area contributed by atoms with Gasteiger partial charge in [0, 0.05) is 5.56 Å². The molecule has 2 rings (SSSR count). The molecule has 0 saturated carbocycles. The second-order valence-electron chi connectivity index (χ2n) is 5.59. The average molecular weight is 318 g/mol. The molecule has 0 fully saturated rings. The SMILES string of the molecule is Cc1cc(C(=O)CSCc2ccco2)c(C)cc1OC(C)C. The maximum Gasteiger partial charge on any atom is 0.173 e. The molecule has 0 bridgehead atoms. The van der Waals surface area contributed by atoms with Gasteiger partial charge in [-0.2, -0.15) is 0 Å². The van der Waals surface area contributed by atoms with Gasteiger partial charge in [0.15, 0.2) is 5.78 Å². The van der Waals surface area contributed by atoms with Crippen LogP contribution in [-0.2, 0) is 5.75 Å². The molecule has 0 N–H and O–H groups in total. The second kappa shape index (κ2) is 7.54. The molecule has 0 aliphatic heterocycles. The highest BCUT2D eigenvalue weighted by Crippen LogP contribution is 2.25. The van der Waals surface area contributed by atoms with E-state index in [2.05, 4.69) is 0 Å². The van der Waals surface area contributed by atoms with Gasteiger partial charge in [0.05, 0.1) is 23.9 Å². The highest BCUT2D eigenvalue weighted by Gasteiger charge is 2.13. The molecular weight excluding hydrogens is 296 g/mol. The van der Waals surface area contributed by atoms with Crippen molar-refractivity contribution in [3.8, 4) is 5.75 Å². The Morgan fingerprint density at radius 3 is 2.68 bits per heavy atom. The van der Waals surface area contributed by atoms with Crippen LogP contribution in [0.4, 0.5) is 0 Å². The van der Waals surface area contributed by atoms with Crippen molar-refractivity contribution in [2.24, 2.45) is 0 Å². The molecule has 0 aliphatic rings. The molecule has 0 radical (unpaired) electrons. The molecule has 0 atom stereocenters. The van der Waals surface area contributed by atoms with E-state index in [9.17, 15) is 4.79 Å². The lowest BCUT2D eigenvalue weighted by molar-refractivity contribution is 0.102. The Kier molecular flexibility index (Phi) is 5.72. The normalized spacial score (nSPS) is 11.0. The predicted octanol–water partition coefficient (Wildman–Crippen LogP) is 4.80. The Bertz CT molecular complexity index is 630. The lowest BCUT2D eigenvalue weighted by Gasteiger charge is -2.15. The molecular formula is C18H22O3S. The Hall–Kier alpha value is -1.68. The van der Waals surface area contributed by atoms with Crippen molar-refractivity contribution in [1.29, 1.82) is 0 Å². The number of rotatable bonds is 7. The number of hydrogen-bond acceptors (Lipinski definition) is 4. The van der Waals surface area contributed by atoms with E-state index in [4.69, 9.17) is 9.15 Å². The number of ether oxygens (including phenoxy) is 1. The van der Waals surface area contributed by atoms with E-state index in [1.54, 1.807) is 18.0 Å². The number of ketones is 1. The number of benzene rings is 1. The first-order chi connectivity index (χ1) is 10.5. The summed E-state index contributed by atoms with van der Waals surface area (Å²) in [6, 6.07) is 7.67. The third-order valence-corrected chi connectivity index (χ3v) is 4.20. The van der Waals surface area contributed by atoms with Crippen molar-refractivity contribution in [3.05, 3.63) is 53.0 Å². The van der Waals surface area contributed by atoms with Crippen LogP contribution >= 0.6 is 11.8 Å². The number of hydrogen-bond donors (Lipinski definition) is 0. The molecule has 0 saturated heterocycles. The first-order valence-electron chi connectivity index (χ1n) is 7.38. The van der Waals surface area contributed by atoms with Gasteiger partial charge >= 0.3 is 0 Å². The van der Waals surface area contributed by atoms with E-state index in [1.165, 1.54) is 0 Å². The van der Waals surface area contributed by atoms with Crippen molar-refractivity contribution < 1.29 is 13.9 Å². The van der Waals surface area contributed by atoms with Crippen LogP contribution in [0.1, 0.15) is 41.1 Å². The van der Waals surface area contributed by atoms with E-state index in [0.29, 0.717) is 11.5 Å². The lowest BCUT2D eigenvalue weighted by Crippen LogP contribution is -2.10. The van der Waals surface area contributed by atoms with Crippen LogP contribution in [-0.4, -0.2) is 17.6 Å². The number of Topliss-reactive ketones (excluding diaryl/α,β-unsaturated/α-hetero) is 1. The zero-order chi connectivity index (χ0) is 16.1. The van der Waals surface area contributed by atoms with Crippen molar-refractivity contribution in [1.82, 2.24) is 0 Å². The third kappa shape index (κ3) is 4.41. The van der Waals surface area contributed by atoms with Gasteiger partial charge in [0.25, 0.3) is 0 Å². The molecule has 22 heavy (non-hydrogen) atoms. The molecule has 118 valence electrons. The van der Waals surface area contributed by atoms with Gasteiger partial charge < -0.3 is 9.15 Å². The molecule has 0 aliphatic carbocycles. The number of furan rings is 1. The van der Waals surface area contributed by atoms with Gasteiger partial charge in [-0.1, -0.05) is 0 Å². The van der Waals surface area contributed by atoms with E-state index in [0.717, 1.165) is 28.2 Å². The lowest BCUT2D eigenvalue weighted by atomic mass is 10.0. The molecule has 0 amide bonds. The Morgan fingerprint density at radius 2 is 2.05 bits per heavy atom. The third-order valence-electron chi connectivity index (χ3n) is 3.24. The molecule has 0 spiro atoms. The van der Waals surface area contributed by atoms with Crippen LogP contribution in [0, 0.1) is 13.8 Å². The van der Waals surface area contributed by atoms with Crippen LogP contribution in [0.25, 0.3) is 0 Å². The minimum Gasteiger partial charge on any atom is -0.491 e. The quantitative estimate of drug-likeness (QED) is 0.687. The van der Waals surface area contributed by atoms with Crippen LogP contribution in [0.2, 0.25) is 0 Å². The minimum atomic E-state index is 0.128. The van der Waals surface area contributed by atoms with Gasteiger partial charge in [-0.05, 0) is 63.1 Å². The zero-order valence-electron chi connectivity index (χ0n) is 13.5. The second-order valence-corrected chi connectivity index (χ2v) is 6.58. The molecule has 4 heteroatoms. The minimum absolute atomic E-state index is 0.128. The zero-order valence-corrected chi connectivity index (χ0v) is 14.3. The van der Waals surface area contributed by atoms with Crippen LogP contribution in [0.15, 0.2) is 34.9 Å². The van der Waals surface area contributed by atoms with Crippen molar-refractivity contribution in [2.45, 2.75) is 39.6 Å². The maximum absolute atomic E-state index is 12.4. The summed E-state index contributed by atoms with van der Waals surface area (Å²) >= 11 is 1.57. The topological polar surface area (TPSA) is 39.4 Å². The number of aryl methyl sites for hydroxylation is 2. The van der Waals surface area contributed by atoms with Crippen molar-refractivity contribution in [3.63, 3.8) is 0 Å². The Morgan fingerprint density at radius 1 is 1.27 bits per heavy atom. The average Bonchev–Trinajstić information content (AvgIpc) is 2.95. The van der Waals surface area contributed by atoms with E-state index in [-0.39, 0.29) is 11.9 Å². The van der Waals surface area contributed by atoms with Gasteiger partial charge in [-0.25, -0.2) is 0 Å². The summed E-state index contributed by atoms with van der Waals surface area (Å²) in [5.74, 6) is 3.06. The molecule has 0 unspecified atom stereocenters. The highest BCUT2D eigenvalue weighted by atomic mass is 32.2. The molecule has 1 heterocycles. The Balaban J connectivity index is 2.01. The van der Waals surface area contributed by atoms with E-state index in [1.807, 2.05) is 52.0 Å². The molecule has 3 nitrogen and oxygen atoms in total. The highest BCUT2D eigenvalue weighted by molar-refractivity contribution is 7.99. The fraction of sp³-hybridized carbons (Fsp3) is 0.389. The van der Waals surface area contributed by atoms with Gasteiger partial charge in [0.1, 0.15) is 11.5 Å². The standard InChI is InChI=1S/C18H22O3S/c1-12(2)21-18-9-13(3)16(8-14(18)4)17(19)11-22-10-15-6-5-7-20-15/h5-9,12H,10-11H2,1-4H3. The summed E-state index contributed by atoms with van der Waals surface area (Å²) in [5.41, 5.74) is 2.74. The van der Waals surface area contributed by atoms with Gasteiger partial charge in [-0.3, -0.25) is 4.79 Å². The largest absolute Gasteiger partial charge is 0.491 e. The maximum atomic E-state index is 12.4. The Labute approximate surface area is 136 Å². The fourth-order valence-corrected chi connectivity index (χ4v) is 3.00. The van der Waals surface area contributed by atoms with Gasteiger partial charge in [-0.15, -0.1) is 11.8 Å². The predicted molar refractivity (Wildman–Crippen MR) is 90.9 cm³/mol. The van der Waals surface area contributed by atoms with Crippen LogP contribution < -0.4 is 4.74 Å². The molecule has 2 aromatic rings. The first kappa shape index (κ1) is 16.7. The number of thioether (sulfide) groups is 1. The van der Waals surface area contributed by atoms with Crippen LogP contribution in [0.3, 0.4) is 0 Å². The summed E-state index contributed by atoms with van der Waals surface area (Å²) in [6.07, 6.45) is 1.78. The van der Waals surface area contributed by atoms with Crippen molar-refractivity contribution in [2.75, 3.05) is 5.75 Å². The van der Waals surface area contributed by atoms with Gasteiger partial charge in [0.2, 0.25) is 0 Å². The summed E-state index contributed by atoms with van der Waals surface area (Å²) in [7, 11) is 0. The fourth-order valence-electron chi connectivity index (χ4n) is 2.19. The van der Waals surface area contributed by atoms with Crippen molar-refractivity contribution >= 4 is 17.5 Å². The summed E-state index contributed by atoms with van der Waals surface area (Å²) < 4.78 is 11.0. The summed E-state index contributed by atoms with van der Waals surface area (Å²) in [6.45, 7) is 7.93. The monoisotopic (exact) mass is 318 g/mol. The van der Waals surface area contributed by atoms with Crippen LogP contribution in [0.5, 0.6) is 5.75 Å². The number of carbonyl (C=O) groups excluding carboxylic acids is 1. The summed E-state index contributed by atoms with van der Waals surface area (Å²) in [4.78, 5) is 12.4. The smallest absolute Gasteiger partial charge is 0.173 e. The van der Waals surface area contributed by atoms with E-state index >= 15 is 0 Å². The summed E-state index contributed by atoms with van der Waals surface area (Å²) in [5, 5.41) is 0. The first-order valence-corrected chi connectivity index (χ1v) is 8.54. The molecule has 1 aromatic heterocycles. The van der Waals surface area contributed by atoms with E-state index < -0.39 is 0 Å². The number of carbonyl (C=O) groups is 1. The molecule has 1 aromatic carbocycles.